The molecule has 0 saturated heterocycles. The number of carbonyl (C=O) groups is 2. The van der Waals surface area contributed by atoms with Gasteiger partial charge in [0, 0.05) is 17.8 Å². The summed E-state index contributed by atoms with van der Waals surface area (Å²) < 4.78 is 16.8. The first-order valence-corrected chi connectivity index (χ1v) is 10.6. The normalized spacial score (nSPS) is 27.5. The minimum absolute atomic E-state index is 0.0603. The highest BCUT2D eigenvalue weighted by Gasteiger charge is 2.77. The number of aliphatic hydroxyl groups is 1. The number of carbonyl (C=O) groups excluding carboxylic acids is 2. The summed E-state index contributed by atoms with van der Waals surface area (Å²) in [7, 11) is 2.76. The smallest absolute Gasteiger partial charge is 0.313 e. The Bertz CT molecular complexity index is 1250. The van der Waals surface area contributed by atoms with Crippen molar-refractivity contribution in [1.82, 2.24) is 4.98 Å². The number of nitrogens with zero attached hydrogens (tertiary/aromatic N) is 1. The molecule has 1 aromatic heterocycles. The first-order valence-electron chi connectivity index (χ1n) is 10.3. The molecular formula is C25H20ClNO6. The van der Waals surface area contributed by atoms with Crippen molar-refractivity contribution in [3.05, 3.63) is 88.7 Å². The van der Waals surface area contributed by atoms with Gasteiger partial charge in [0.15, 0.2) is 5.60 Å². The fourth-order valence-corrected chi connectivity index (χ4v) is 5.24. The molecule has 0 spiro atoms. The van der Waals surface area contributed by atoms with Crippen molar-refractivity contribution in [2.24, 2.45) is 5.92 Å². The van der Waals surface area contributed by atoms with E-state index >= 15 is 0 Å². The van der Waals surface area contributed by atoms with Gasteiger partial charge in [-0.15, -0.1) is 0 Å². The summed E-state index contributed by atoms with van der Waals surface area (Å²) in [6, 6.07) is 17.3. The van der Waals surface area contributed by atoms with Crippen molar-refractivity contribution in [3.8, 4) is 11.5 Å². The quantitative estimate of drug-likeness (QED) is 0.590. The summed E-state index contributed by atoms with van der Waals surface area (Å²) >= 11 is 6.17. The number of aromatic nitrogens is 1. The highest BCUT2D eigenvalue weighted by atomic mass is 35.5. The summed E-state index contributed by atoms with van der Waals surface area (Å²) in [5.41, 5.74) is -2.99. The Hall–Kier alpha value is -3.42. The molecule has 5 rings (SSSR count). The Morgan fingerprint density at radius 3 is 2.45 bits per heavy atom. The second-order valence-electron chi connectivity index (χ2n) is 8.05. The molecule has 3 aromatic rings. The largest absolute Gasteiger partial charge is 0.497 e. The average molecular weight is 466 g/mol. The van der Waals surface area contributed by atoms with Gasteiger partial charge in [0.25, 0.3) is 0 Å². The highest BCUT2D eigenvalue weighted by molar-refractivity contribution is 6.30. The van der Waals surface area contributed by atoms with Gasteiger partial charge in [0.1, 0.15) is 23.1 Å². The van der Waals surface area contributed by atoms with Crippen LogP contribution in [0.1, 0.15) is 22.7 Å². The molecule has 7 nitrogen and oxygen atoms in total. The number of rotatable bonds is 4. The standard InChI is InChI=1S/C25H20ClNO6/c1-31-17-10-8-15(9-11-17)25-19(14-6-4-3-5-7-14)20(22(28)32-2)24(30,23(25)29)21-18(33-25)12-16(26)13-27-21/h3-13,19-20,30H,1-2H3/t19-,20-,24-,25?/m1/s1. The lowest BCUT2D eigenvalue weighted by atomic mass is 9.75. The monoisotopic (exact) mass is 465 g/mol. The summed E-state index contributed by atoms with van der Waals surface area (Å²) in [6.07, 6.45) is 1.31. The fourth-order valence-electron chi connectivity index (χ4n) is 5.09. The van der Waals surface area contributed by atoms with Crippen LogP contribution in [-0.4, -0.2) is 36.1 Å². The summed E-state index contributed by atoms with van der Waals surface area (Å²) in [4.78, 5) is 31.6. The summed E-state index contributed by atoms with van der Waals surface area (Å²) in [5, 5.41) is 12.3. The maximum atomic E-state index is 14.2. The number of methoxy groups -OCH3 is 2. The average Bonchev–Trinajstić information content (AvgIpc) is 2.97. The Morgan fingerprint density at radius 1 is 1.12 bits per heavy atom. The molecule has 168 valence electrons. The van der Waals surface area contributed by atoms with Crippen LogP contribution in [-0.2, 0) is 25.5 Å². The van der Waals surface area contributed by atoms with Crippen LogP contribution in [0.3, 0.4) is 0 Å². The van der Waals surface area contributed by atoms with Crippen LogP contribution in [0.15, 0.2) is 66.9 Å². The van der Waals surface area contributed by atoms with Crippen LogP contribution < -0.4 is 9.47 Å². The molecule has 33 heavy (non-hydrogen) atoms. The molecule has 1 N–H and O–H groups in total. The predicted octanol–water partition coefficient (Wildman–Crippen LogP) is 3.37. The number of Topliss-reactive ketones (excluding diaryl/α,β-unsaturated/α-hetero) is 1. The molecule has 0 amide bonds. The minimum atomic E-state index is -2.29. The molecule has 2 aliphatic rings. The van der Waals surface area contributed by atoms with Crippen molar-refractivity contribution in [3.63, 3.8) is 0 Å². The van der Waals surface area contributed by atoms with E-state index in [-0.39, 0.29) is 16.5 Å². The molecule has 1 unspecified atom stereocenters. The van der Waals surface area contributed by atoms with Gasteiger partial charge in [-0.25, -0.2) is 0 Å². The number of hydrogen-bond acceptors (Lipinski definition) is 7. The van der Waals surface area contributed by atoms with E-state index < -0.39 is 34.8 Å². The van der Waals surface area contributed by atoms with E-state index in [1.54, 1.807) is 48.5 Å². The van der Waals surface area contributed by atoms with Gasteiger partial charge in [0.2, 0.25) is 11.4 Å². The van der Waals surface area contributed by atoms with Crippen molar-refractivity contribution in [2.45, 2.75) is 17.1 Å². The number of ether oxygens (including phenoxy) is 3. The summed E-state index contributed by atoms with van der Waals surface area (Å²) in [5.74, 6) is -2.94. The van der Waals surface area contributed by atoms with Gasteiger partial charge in [-0.2, -0.15) is 0 Å². The second-order valence-corrected chi connectivity index (χ2v) is 8.49. The molecule has 0 radical (unpaired) electrons. The van der Waals surface area contributed by atoms with Gasteiger partial charge in [-0.3, -0.25) is 14.6 Å². The van der Waals surface area contributed by atoms with E-state index in [9.17, 15) is 14.7 Å². The van der Waals surface area contributed by atoms with E-state index in [0.717, 1.165) is 0 Å². The van der Waals surface area contributed by atoms with Gasteiger partial charge >= 0.3 is 5.97 Å². The van der Waals surface area contributed by atoms with Crippen molar-refractivity contribution < 1.29 is 28.9 Å². The van der Waals surface area contributed by atoms with Crippen LogP contribution in [0.25, 0.3) is 0 Å². The van der Waals surface area contributed by atoms with E-state index in [4.69, 9.17) is 25.8 Å². The lowest BCUT2D eigenvalue weighted by Gasteiger charge is -2.38. The molecule has 1 aliphatic carbocycles. The van der Waals surface area contributed by atoms with Crippen LogP contribution in [0.4, 0.5) is 0 Å². The van der Waals surface area contributed by atoms with Crippen LogP contribution in [0.2, 0.25) is 5.02 Å². The van der Waals surface area contributed by atoms with Crippen molar-refractivity contribution >= 4 is 23.4 Å². The van der Waals surface area contributed by atoms with Gasteiger partial charge in [-0.05, 0) is 17.7 Å². The van der Waals surface area contributed by atoms with E-state index in [0.29, 0.717) is 16.9 Å². The molecular weight excluding hydrogens is 446 g/mol. The SMILES string of the molecule is COC(=O)[C@H]1[C@@H](c2ccccc2)C2(c3ccc(OC)cc3)Oc3cc(Cl)cnc3[C@@]1(O)C2=O. The predicted molar refractivity (Wildman–Crippen MR) is 118 cm³/mol. The van der Waals surface area contributed by atoms with E-state index in [2.05, 4.69) is 4.98 Å². The third-order valence-electron chi connectivity index (χ3n) is 6.49. The van der Waals surface area contributed by atoms with E-state index in [1.165, 1.54) is 26.5 Å². The molecule has 1 fully saturated rings. The molecule has 2 heterocycles. The number of fused-ring (bicyclic) bond motifs is 4. The maximum absolute atomic E-state index is 14.2. The van der Waals surface area contributed by atoms with Crippen LogP contribution >= 0.6 is 11.6 Å². The molecule has 8 heteroatoms. The fraction of sp³-hybridized carbons (Fsp3) is 0.240. The Labute approximate surface area is 194 Å². The first kappa shape index (κ1) is 21.4. The zero-order chi connectivity index (χ0) is 23.4. The molecule has 2 aromatic carbocycles. The lowest BCUT2D eigenvalue weighted by Crippen LogP contribution is -2.51. The zero-order valence-corrected chi connectivity index (χ0v) is 18.6. The van der Waals surface area contributed by atoms with E-state index in [1.807, 2.05) is 6.07 Å². The molecule has 1 saturated carbocycles. The van der Waals surface area contributed by atoms with Crippen LogP contribution in [0, 0.1) is 5.92 Å². The Balaban J connectivity index is 1.87. The molecule has 1 aliphatic heterocycles. The van der Waals surface area contributed by atoms with Crippen LogP contribution in [0.5, 0.6) is 11.5 Å². The number of ketones is 1. The molecule has 2 bridgehead atoms. The lowest BCUT2D eigenvalue weighted by molar-refractivity contribution is -0.163. The Morgan fingerprint density at radius 2 is 1.82 bits per heavy atom. The van der Waals surface area contributed by atoms with Crippen molar-refractivity contribution in [1.29, 1.82) is 0 Å². The number of benzene rings is 2. The third-order valence-corrected chi connectivity index (χ3v) is 6.70. The zero-order valence-electron chi connectivity index (χ0n) is 17.8. The Kier molecular flexibility index (Phi) is 4.92. The van der Waals surface area contributed by atoms with Gasteiger partial charge in [-0.1, -0.05) is 54.1 Å². The number of esters is 1. The number of hydrogen-bond donors (Lipinski definition) is 1. The topological polar surface area (TPSA) is 95.0 Å². The highest BCUT2D eigenvalue weighted by Crippen LogP contribution is 2.64. The van der Waals surface area contributed by atoms with Gasteiger partial charge < -0.3 is 19.3 Å². The number of halogens is 1. The second kappa shape index (κ2) is 7.57. The first-order chi connectivity index (χ1) is 15.9. The van der Waals surface area contributed by atoms with Crippen molar-refractivity contribution in [2.75, 3.05) is 14.2 Å². The maximum Gasteiger partial charge on any atom is 0.313 e. The number of pyridine rings is 1. The summed E-state index contributed by atoms with van der Waals surface area (Å²) in [6.45, 7) is 0. The van der Waals surface area contributed by atoms with Gasteiger partial charge in [0.05, 0.1) is 25.2 Å². The third kappa shape index (κ3) is 2.82. The molecule has 4 atom stereocenters. The minimum Gasteiger partial charge on any atom is -0.497 e.